The molecule has 0 saturated carbocycles. The molecule has 0 saturated heterocycles. The number of aryl methyl sites for hydroxylation is 1. The van der Waals surface area contributed by atoms with E-state index in [9.17, 15) is 22.8 Å². The summed E-state index contributed by atoms with van der Waals surface area (Å²) in [5.41, 5.74) is 1.37. The van der Waals surface area contributed by atoms with E-state index in [0.717, 1.165) is 17.2 Å². The van der Waals surface area contributed by atoms with Crippen molar-refractivity contribution in [1.82, 2.24) is 5.32 Å². The predicted molar refractivity (Wildman–Crippen MR) is 82.6 cm³/mol. The predicted octanol–water partition coefficient (Wildman–Crippen LogP) is 3.06. The molecule has 0 fully saturated rings. The maximum absolute atomic E-state index is 13.4. The quantitative estimate of drug-likeness (QED) is 0.651. The first kappa shape index (κ1) is 17.5. The summed E-state index contributed by atoms with van der Waals surface area (Å²) in [5, 5.41) is 4.60. The minimum Gasteiger partial charge on any atom is -0.352 e. The standard InChI is InChI=1S/C17H15F3N2O2/c1-10-4-2-3-5-11(10)9-21-14(23)8-15(24)22-13-7-6-12(18)16(19)17(13)20/h2-7H,8-9H2,1H3,(H,21,23)(H,22,24). The maximum Gasteiger partial charge on any atom is 0.233 e. The number of anilines is 1. The Bertz CT molecular complexity index is 778. The van der Waals surface area contributed by atoms with Crippen LogP contribution in [0, 0.1) is 24.4 Å². The summed E-state index contributed by atoms with van der Waals surface area (Å²) >= 11 is 0. The lowest BCUT2D eigenvalue weighted by Gasteiger charge is -2.09. The van der Waals surface area contributed by atoms with Gasteiger partial charge in [-0.2, -0.15) is 0 Å². The Hall–Kier alpha value is -2.83. The first-order valence-corrected chi connectivity index (χ1v) is 7.13. The zero-order valence-corrected chi connectivity index (χ0v) is 12.8. The number of hydrogen-bond acceptors (Lipinski definition) is 2. The van der Waals surface area contributed by atoms with Crippen LogP contribution in [0.2, 0.25) is 0 Å². The van der Waals surface area contributed by atoms with Gasteiger partial charge in [-0.1, -0.05) is 24.3 Å². The Morgan fingerprint density at radius 2 is 1.67 bits per heavy atom. The number of carbonyl (C=O) groups is 2. The second-order valence-electron chi connectivity index (χ2n) is 5.15. The molecule has 2 N–H and O–H groups in total. The van der Waals surface area contributed by atoms with Crippen LogP contribution >= 0.6 is 0 Å². The molecule has 126 valence electrons. The van der Waals surface area contributed by atoms with Gasteiger partial charge in [0.25, 0.3) is 0 Å². The highest BCUT2D eigenvalue weighted by molar-refractivity contribution is 6.03. The Balaban J connectivity index is 1.89. The monoisotopic (exact) mass is 336 g/mol. The topological polar surface area (TPSA) is 58.2 Å². The van der Waals surface area contributed by atoms with Gasteiger partial charge in [-0.25, -0.2) is 13.2 Å². The van der Waals surface area contributed by atoms with Crippen LogP contribution in [-0.4, -0.2) is 11.8 Å². The number of amides is 2. The van der Waals surface area contributed by atoms with Crippen LogP contribution in [0.4, 0.5) is 18.9 Å². The molecule has 0 spiro atoms. The fourth-order valence-corrected chi connectivity index (χ4v) is 2.03. The minimum absolute atomic E-state index is 0.248. The normalized spacial score (nSPS) is 10.3. The molecule has 0 aliphatic rings. The van der Waals surface area contributed by atoms with E-state index >= 15 is 0 Å². The second-order valence-corrected chi connectivity index (χ2v) is 5.15. The van der Waals surface area contributed by atoms with Crippen molar-refractivity contribution in [3.63, 3.8) is 0 Å². The molecule has 0 atom stereocenters. The second kappa shape index (κ2) is 7.63. The van der Waals surface area contributed by atoms with Gasteiger partial charge in [0.15, 0.2) is 17.5 Å². The Morgan fingerprint density at radius 3 is 2.38 bits per heavy atom. The van der Waals surface area contributed by atoms with Crippen molar-refractivity contribution in [2.24, 2.45) is 0 Å². The van der Waals surface area contributed by atoms with Crippen LogP contribution in [0.5, 0.6) is 0 Å². The van der Waals surface area contributed by atoms with E-state index in [0.29, 0.717) is 6.07 Å². The van der Waals surface area contributed by atoms with Crippen LogP contribution in [0.1, 0.15) is 17.5 Å². The average Bonchev–Trinajstić information content (AvgIpc) is 2.54. The largest absolute Gasteiger partial charge is 0.352 e. The van der Waals surface area contributed by atoms with Gasteiger partial charge in [0, 0.05) is 6.54 Å². The highest BCUT2D eigenvalue weighted by Gasteiger charge is 2.16. The zero-order chi connectivity index (χ0) is 17.7. The van der Waals surface area contributed by atoms with Gasteiger partial charge in [0.2, 0.25) is 11.8 Å². The zero-order valence-electron chi connectivity index (χ0n) is 12.8. The van der Waals surface area contributed by atoms with Crippen molar-refractivity contribution in [3.05, 3.63) is 65.0 Å². The van der Waals surface area contributed by atoms with E-state index in [1.807, 2.05) is 36.5 Å². The highest BCUT2D eigenvalue weighted by atomic mass is 19.2. The molecule has 4 nitrogen and oxygen atoms in total. The van der Waals surface area contributed by atoms with Gasteiger partial charge in [0.05, 0.1) is 5.69 Å². The summed E-state index contributed by atoms with van der Waals surface area (Å²) < 4.78 is 39.3. The van der Waals surface area contributed by atoms with Crippen molar-refractivity contribution >= 4 is 17.5 Å². The number of halogens is 3. The fraction of sp³-hybridized carbons (Fsp3) is 0.176. The molecule has 2 amide bonds. The van der Waals surface area contributed by atoms with E-state index in [1.165, 1.54) is 0 Å². The van der Waals surface area contributed by atoms with Crippen molar-refractivity contribution in [3.8, 4) is 0 Å². The summed E-state index contributed by atoms with van der Waals surface area (Å²) in [6.45, 7) is 2.14. The summed E-state index contributed by atoms with van der Waals surface area (Å²) in [5.74, 6) is -5.96. The van der Waals surface area contributed by atoms with E-state index in [1.54, 1.807) is 0 Å². The van der Waals surface area contributed by atoms with Crippen molar-refractivity contribution in [2.45, 2.75) is 19.9 Å². The van der Waals surface area contributed by atoms with Crippen LogP contribution in [0.3, 0.4) is 0 Å². The Labute approximate surface area is 136 Å². The number of benzene rings is 2. The third-order valence-corrected chi connectivity index (χ3v) is 3.37. The molecule has 2 rings (SSSR count). The van der Waals surface area contributed by atoms with Crippen LogP contribution < -0.4 is 10.6 Å². The van der Waals surface area contributed by atoms with Crippen molar-refractivity contribution < 1.29 is 22.8 Å². The van der Waals surface area contributed by atoms with Gasteiger partial charge in [0.1, 0.15) is 6.42 Å². The van der Waals surface area contributed by atoms with Crippen LogP contribution in [-0.2, 0) is 16.1 Å². The molecule has 2 aromatic carbocycles. The molecule has 0 bridgehead atoms. The molecule has 0 unspecified atom stereocenters. The lowest BCUT2D eigenvalue weighted by molar-refractivity contribution is -0.126. The maximum atomic E-state index is 13.4. The van der Waals surface area contributed by atoms with E-state index in [2.05, 4.69) is 5.32 Å². The third-order valence-electron chi connectivity index (χ3n) is 3.37. The van der Waals surface area contributed by atoms with E-state index < -0.39 is 41.4 Å². The number of nitrogens with one attached hydrogen (secondary N) is 2. The Kier molecular flexibility index (Phi) is 5.57. The smallest absolute Gasteiger partial charge is 0.233 e. The summed E-state index contributed by atoms with van der Waals surface area (Å²) in [6, 6.07) is 8.99. The number of hydrogen-bond donors (Lipinski definition) is 2. The van der Waals surface area contributed by atoms with Gasteiger partial charge in [-0.05, 0) is 30.2 Å². The minimum atomic E-state index is -1.68. The molecule has 2 aromatic rings. The lowest BCUT2D eigenvalue weighted by atomic mass is 10.1. The summed E-state index contributed by atoms with van der Waals surface area (Å²) in [7, 11) is 0. The molecule has 0 radical (unpaired) electrons. The van der Waals surface area contributed by atoms with Crippen LogP contribution in [0.25, 0.3) is 0 Å². The van der Waals surface area contributed by atoms with Crippen LogP contribution in [0.15, 0.2) is 36.4 Å². The van der Waals surface area contributed by atoms with Gasteiger partial charge in [-0.3, -0.25) is 9.59 Å². The highest BCUT2D eigenvalue weighted by Crippen LogP contribution is 2.19. The molecule has 24 heavy (non-hydrogen) atoms. The molecular weight excluding hydrogens is 321 g/mol. The van der Waals surface area contributed by atoms with Crippen molar-refractivity contribution in [1.29, 1.82) is 0 Å². The first-order chi connectivity index (χ1) is 11.4. The summed E-state index contributed by atoms with van der Waals surface area (Å²) in [6.07, 6.45) is -0.565. The Morgan fingerprint density at radius 1 is 0.958 bits per heavy atom. The first-order valence-electron chi connectivity index (χ1n) is 7.13. The average molecular weight is 336 g/mol. The SMILES string of the molecule is Cc1ccccc1CNC(=O)CC(=O)Nc1ccc(F)c(F)c1F. The number of carbonyl (C=O) groups excluding carboxylic acids is 2. The molecule has 0 aliphatic heterocycles. The van der Waals surface area contributed by atoms with Gasteiger partial charge in [-0.15, -0.1) is 0 Å². The third kappa shape index (κ3) is 4.34. The molecule has 7 heteroatoms. The number of rotatable bonds is 5. The molecule has 0 aromatic heterocycles. The van der Waals surface area contributed by atoms with Crippen molar-refractivity contribution in [2.75, 3.05) is 5.32 Å². The van der Waals surface area contributed by atoms with E-state index in [4.69, 9.17) is 0 Å². The van der Waals surface area contributed by atoms with Gasteiger partial charge < -0.3 is 10.6 Å². The fourth-order valence-electron chi connectivity index (χ4n) is 2.03. The lowest BCUT2D eigenvalue weighted by Crippen LogP contribution is -2.28. The van der Waals surface area contributed by atoms with Gasteiger partial charge >= 0.3 is 0 Å². The molecule has 0 heterocycles. The summed E-state index contributed by atoms with van der Waals surface area (Å²) in [4.78, 5) is 23.4. The van der Waals surface area contributed by atoms with E-state index in [-0.39, 0.29) is 6.54 Å². The molecule has 0 aliphatic carbocycles. The molecular formula is C17H15F3N2O2.